The third-order valence-electron chi connectivity index (χ3n) is 6.92. The molecule has 0 saturated heterocycles. The number of nitrogens with zero attached hydrogens (tertiary/aromatic N) is 1. The summed E-state index contributed by atoms with van der Waals surface area (Å²) < 4.78 is 57.2. The number of allylic oxidation sites excluding steroid dienone is 2. The summed E-state index contributed by atoms with van der Waals surface area (Å²) in [7, 11) is 0. The highest BCUT2D eigenvalue weighted by Crippen LogP contribution is 2.38. The normalized spacial score (nSPS) is 27.6. The molecule has 0 aromatic heterocycles. The minimum atomic E-state index is -4.28. The van der Waals surface area contributed by atoms with Gasteiger partial charge in [-0.3, -0.25) is 0 Å². The van der Waals surface area contributed by atoms with Gasteiger partial charge in [0.05, 0.1) is 11.7 Å². The lowest BCUT2D eigenvalue weighted by Crippen LogP contribution is -2.25. The van der Waals surface area contributed by atoms with E-state index in [2.05, 4.69) is 0 Å². The zero-order valence-electron chi connectivity index (χ0n) is 17.8. The molecule has 0 bridgehead atoms. The van der Waals surface area contributed by atoms with E-state index in [-0.39, 0.29) is 0 Å². The number of hydrogen-bond acceptors (Lipinski definition) is 2. The van der Waals surface area contributed by atoms with Crippen molar-refractivity contribution in [3.8, 4) is 6.07 Å². The largest absolute Gasteiger partial charge is 0.416 e. The average molecular weight is 438 g/mol. The van der Waals surface area contributed by atoms with Crippen molar-refractivity contribution in [3.05, 3.63) is 47.3 Å². The third-order valence-corrected chi connectivity index (χ3v) is 6.92. The van der Waals surface area contributed by atoms with E-state index in [1.54, 1.807) is 12.1 Å². The molecule has 1 aromatic carbocycles. The minimum Gasteiger partial charge on any atom is -0.378 e. The van der Waals surface area contributed by atoms with Crippen LogP contribution in [0, 0.1) is 23.2 Å². The fourth-order valence-corrected chi connectivity index (χ4v) is 4.96. The predicted molar refractivity (Wildman–Crippen MR) is 112 cm³/mol. The number of ether oxygens (including phenoxy) is 1. The lowest BCUT2D eigenvalue weighted by Gasteiger charge is -2.32. The maximum Gasteiger partial charge on any atom is 0.416 e. The molecular formula is C25H31F4NO. The highest BCUT2D eigenvalue weighted by Gasteiger charge is 2.31. The van der Waals surface area contributed by atoms with Crippen molar-refractivity contribution < 1.29 is 22.3 Å². The molecule has 2 saturated carbocycles. The number of rotatable bonds is 7. The molecule has 31 heavy (non-hydrogen) atoms. The van der Waals surface area contributed by atoms with E-state index in [0.717, 1.165) is 70.0 Å². The molecule has 0 amide bonds. The molecule has 6 heteroatoms. The van der Waals surface area contributed by atoms with Crippen LogP contribution in [0.2, 0.25) is 0 Å². The Bertz CT molecular complexity index is 749. The van der Waals surface area contributed by atoms with Gasteiger partial charge in [-0.25, -0.2) is 0 Å². The smallest absolute Gasteiger partial charge is 0.378 e. The molecule has 0 heterocycles. The summed E-state index contributed by atoms with van der Waals surface area (Å²) in [5.41, 5.74) is 0.425. The maximum absolute atomic E-state index is 12.8. The van der Waals surface area contributed by atoms with Crippen LogP contribution in [-0.2, 0) is 10.9 Å². The Kier molecular flexibility index (Phi) is 8.54. The van der Waals surface area contributed by atoms with E-state index in [4.69, 9.17) is 10.00 Å². The van der Waals surface area contributed by atoms with Crippen molar-refractivity contribution in [2.45, 2.75) is 82.4 Å². The van der Waals surface area contributed by atoms with Gasteiger partial charge in [0.15, 0.2) is 5.83 Å². The summed E-state index contributed by atoms with van der Waals surface area (Å²) in [6.07, 6.45) is 7.31. The second-order valence-corrected chi connectivity index (χ2v) is 9.05. The van der Waals surface area contributed by atoms with Gasteiger partial charge >= 0.3 is 6.18 Å². The van der Waals surface area contributed by atoms with E-state index in [1.807, 2.05) is 0 Å². The monoisotopic (exact) mass is 437 g/mol. The Morgan fingerprint density at radius 3 is 2.16 bits per heavy atom. The SMILES string of the molecule is N#CC(F)=CCCC1CCC(OCC2CCC(c3ccc(C(F)(F)F)cc3)CC2)CC1. The predicted octanol–water partition coefficient (Wildman–Crippen LogP) is 7.71. The fraction of sp³-hybridized carbons (Fsp3) is 0.640. The fourth-order valence-electron chi connectivity index (χ4n) is 4.96. The summed E-state index contributed by atoms with van der Waals surface area (Å²) in [4.78, 5) is 0. The molecule has 0 spiro atoms. The van der Waals surface area contributed by atoms with Crippen LogP contribution in [0.1, 0.15) is 81.3 Å². The second kappa shape index (κ2) is 11.1. The van der Waals surface area contributed by atoms with Gasteiger partial charge in [-0.15, -0.1) is 0 Å². The van der Waals surface area contributed by atoms with Crippen LogP contribution in [-0.4, -0.2) is 12.7 Å². The van der Waals surface area contributed by atoms with Crippen LogP contribution >= 0.6 is 0 Å². The Labute approximate surface area is 182 Å². The molecule has 2 fully saturated rings. The molecule has 0 aliphatic heterocycles. The zero-order chi connectivity index (χ0) is 22.3. The lowest BCUT2D eigenvalue weighted by atomic mass is 9.79. The van der Waals surface area contributed by atoms with Gasteiger partial charge < -0.3 is 4.74 Å². The lowest BCUT2D eigenvalue weighted by molar-refractivity contribution is -0.137. The molecule has 0 unspecified atom stereocenters. The number of hydrogen-bond donors (Lipinski definition) is 0. The van der Waals surface area contributed by atoms with E-state index in [0.29, 0.717) is 30.3 Å². The summed E-state index contributed by atoms with van der Waals surface area (Å²) >= 11 is 0. The first-order valence-electron chi connectivity index (χ1n) is 11.4. The number of nitriles is 1. The Balaban J connectivity index is 1.33. The maximum atomic E-state index is 12.8. The van der Waals surface area contributed by atoms with Crippen molar-refractivity contribution in [1.82, 2.24) is 0 Å². The summed E-state index contributed by atoms with van der Waals surface area (Å²) in [5.74, 6) is 0.767. The first-order chi connectivity index (χ1) is 14.8. The van der Waals surface area contributed by atoms with Gasteiger partial charge in [0.1, 0.15) is 6.07 Å². The van der Waals surface area contributed by atoms with Crippen LogP contribution in [0.15, 0.2) is 36.2 Å². The third kappa shape index (κ3) is 7.35. The molecular weight excluding hydrogens is 406 g/mol. The van der Waals surface area contributed by atoms with Crippen molar-refractivity contribution in [3.63, 3.8) is 0 Å². The standard InChI is InChI=1S/C25H31F4NO/c26-23(16-30)3-1-2-18-6-14-24(15-7-18)31-17-19-4-8-20(9-5-19)21-10-12-22(13-11-21)25(27,28)29/h3,10-13,18-20,24H,1-2,4-9,14-15,17H2. The number of alkyl halides is 3. The molecule has 0 N–H and O–H groups in total. The highest BCUT2D eigenvalue weighted by atomic mass is 19.4. The topological polar surface area (TPSA) is 33.0 Å². The van der Waals surface area contributed by atoms with E-state index < -0.39 is 17.6 Å². The van der Waals surface area contributed by atoms with Gasteiger partial charge in [-0.05, 0) is 106 Å². The number of halogens is 4. The molecule has 1 aromatic rings. The molecule has 0 radical (unpaired) electrons. The van der Waals surface area contributed by atoms with Crippen LogP contribution in [0.3, 0.4) is 0 Å². The quantitative estimate of drug-likeness (QED) is 0.323. The minimum absolute atomic E-state index is 0.301. The molecule has 170 valence electrons. The van der Waals surface area contributed by atoms with Gasteiger partial charge in [-0.1, -0.05) is 12.1 Å². The van der Waals surface area contributed by atoms with Gasteiger partial charge in [0.2, 0.25) is 0 Å². The van der Waals surface area contributed by atoms with Crippen molar-refractivity contribution in [2.24, 2.45) is 11.8 Å². The Morgan fingerprint density at radius 1 is 0.968 bits per heavy atom. The van der Waals surface area contributed by atoms with Crippen LogP contribution in [0.4, 0.5) is 17.6 Å². The first kappa shape index (κ1) is 23.8. The number of benzene rings is 1. The van der Waals surface area contributed by atoms with Crippen molar-refractivity contribution >= 4 is 0 Å². The Hall–Kier alpha value is -1.87. The van der Waals surface area contributed by atoms with Gasteiger partial charge in [0, 0.05) is 6.61 Å². The van der Waals surface area contributed by atoms with Crippen molar-refractivity contribution in [2.75, 3.05) is 6.61 Å². The molecule has 3 rings (SSSR count). The second-order valence-electron chi connectivity index (χ2n) is 9.05. The van der Waals surface area contributed by atoms with Crippen LogP contribution in [0.5, 0.6) is 0 Å². The van der Waals surface area contributed by atoms with Crippen LogP contribution in [0.25, 0.3) is 0 Å². The molecule has 2 aliphatic rings. The van der Waals surface area contributed by atoms with E-state index in [9.17, 15) is 17.6 Å². The molecule has 0 atom stereocenters. The summed E-state index contributed by atoms with van der Waals surface area (Å²) in [5, 5.41) is 8.43. The molecule has 2 nitrogen and oxygen atoms in total. The molecule has 2 aliphatic carbocycles. The summed E-state index contributed by atoms with van der Waals surface area (Å²) in [6.45, 7) is 0.769. The highest BCUT2D eigenvalue weighted by molar-refractivity contribution is 5.27. The zero-order valence-corrected chi connectivity index (χ0v) is 17.8. The average Bonchev–Trinajstić information content (AvgIpc) is 2.78. The van der Waals surface area contributed by atoms with E-state index >= 15 is 0 Å². The Morgan fingerprint density at radius 2 is 1.58 bits per heavy atom. The summed E-state index contributed by atoms with van der Waals surface area (Å²) in [6, 6.07) is 7.16. The van der Waals surface area contributed by atoms with Crippen LogP contribution < -0.4 is 0 Å². The van der Waals surface area contributed by atoms with Crippen molar-refractivity contribution in [1.29, 1.82) is 5.26 Å². The van der Waals surface area contributed by atoms with Gasteiger partial charge in [-0.2, -0.15) is 22.8 Å². The van der Waals surface area contributed by atoms with E-state index in [1.165, 1.54) is 24.3 Å². The first-order valence-corrected chi connectivity index (χ1v) is 11.4. The van der Waals surface area contributed by atoms with Gasteiger partial charge in [0.25, 0.3) is 0 Å².